The average Bonchev–Trinajstić information content (AvgIpc) is 3.89. The maximum absolute atomic E-state index is 4.25. The van der Waals surface area contributed by atoms with Crippen molar-refractivity contribution in [1.29, 1.82) is 0 Å². The monoisotopic (exact) mass is 848 g/mol. The minimum absolute atomic E-state index is 0.485. The van der Waals surface area contributed by atoms with Crippen LogP contribution in [0.15, 0.2) is 205 Å². The lowest BCUT2D eigenvalue weighted by atomic mass is 9.82. The van der Waals surface area contributed by atoms with Gasteiger partial charge in [-0.2, -0.15) is 10.0 Å². The van der Waals surface area contributed by atoms with E-state index in [1.165, 1.54) is 107 Å². The first-order valence-corrected chi connectivity index (χ1v) is 26.8. The van der Waals surface area contributed by atoms with Gasteiger partial charge in [0.2, 0.25) is 0 Å². The van der Waals surface area contributed by atoms with Crippen LogP contribution in [0.4, 0.5) is 0 Å². The van der Waals surface area contributed by atoms with Crippen molar-refractivity contribution in [3.63, 3.8) is 0 Å². The molecule has 10 aromatic rings. The van der Waals surface area contributed by atoms with Crippen LogP contribution in [-0.4, -0.2) is 12.5 Å². The third-order valence-electron chi connectivity index (χ3n) is 13.7. The van der Waals surface area contributed by atoms with Gasteiger partial charge in [0.1, 0.15) is 0 Å². The molecule has 3 heteroatoms. The van der Waals surface area contributed by atoms with Crippen molar-refractivity contribution in [3.05, 3.63) is 206 Å². The predicted molar refractivity (Wildman–Crippen MR) is 281 cm³/mol. The molecule has 12 rings (SSSR count). The summed E-state index contributed by atoms with van der Waals surface area (Å²) in [5, 5.41) is 19.0. The highest BCUT2D eigenvalue weighted by molar-refractivity contribution is 8.36. The number of fused-ring (bicyclic) bond motifs is 10. The van der Waals surface area contributed by atoms with Crippen molar-refractivity contribution in [2.75, 3.05) is 12.5 Å². The minimum atomic E-state index is -1.23. The van der Waals surface area contributed by atoms with Crippen molar-refractivity contribution < 1.29 is 0 Å². The van der Waals surface area contributed by atoms with Gasteiger partial charge in [-0.1, -0.05) is 181 Å². The van der Waals surface area contributed by atoms with Crippen molar-refractivity contribution >= 4 is 99.5 Å². The van der Waals surface area contributed by atoms with Crippen LogP contribution >= 0.6 is 25.1 Å². The Kier molecular flexibility index (Phi) is 8.65. The summed E-state index contributed by atoms with van der Waals surface area (Å²) >= 11 is 0. The summed E-state index contributed by atoms with van der Waals surface area (Å²) in [6, 6.07) is 58.5. The quantitative estimate of drug-likeness (QED) is 0.116. The van der Waals surface area contributed by atoms with E-state index in [4.69, 9.17) is 0 Å². The van der Waals surface area contributed by atoms with Crippen LogP contribution in [0.1, 0.15) is 18.9 Å². The second-order valence-electron chi connectivity index (χ2n) is 17.4. The van der Waals surface area contributed by atoms with E-state index in [1.807, 2.05) is 12.2 Å². The van der Waals surface area contributed by atoms with Gasteiger partial charge in [0.25, 0.3) is 0 Å². The van der Waals surface area contributed by atoms with E-state index in [2.05, 4.69) is 202 Å². The SMILES string of the molecule is C=C/C=C(\C=C)p1c2ccccc2c2cc(-c3c4ccccc4c(-c4ccc5c(c4)c4ccccc4p5-c4ccccc4)c4cc5c(cc34)C3=C(C=CCC3C)S5(C)C)ccc21. The standard InChI is InChI=1S/C59H46P2S/c1-6-18-40(7-2)60-51-26-15-13-22-42(51)46-33-38(29-31-53(46)60)58-44-24-11-12-25-45(44)59(49-36-56-50(35-48(49)58)57-37(3)19-17-28-55(57)62(56,4)5)39-30-32-54-47(34-39)43-23-14-16-27-52(43)61(54)41-20-9-8-10-21-41/h6-18,20-37H,1-2,19H2,3-5H3/b40-18+. The van der Waals surface area contributed by atoms with Crippen LogP contribution in [0.5, 0.6) is 0 Å². The molecule has 1 aliphatic heterocycles. The summed E-state index contributed by atoms with van der Waals surface area (Å²) in [7, 11) is -2.61. The first-order valence-electron chi connectivity index (χ1n) is 21.6. The first kappa shape index (κ1) is 37.7. The molecule has 2 aromatic heterocycles. The van der Waals surface area contributed by atoms with Crippen LogP contribution in [0.3, 0.4) is 0 Å². The van der Waals surface area contributed by atoms with E-state index in [1.54, 1.807) is 10.5 Å². The summed E-state index contributed by atoms with van der Waals surface area (Å²) in [5.41, 5.74) is 8.23. The summed E-state index contributed by atoms with van der Waals surface area (Å²) in [6.45, 7) is 10.7. The Morgan fingerprint density at radius 1 is 0.581 bits per heavy atom. The molecule has 0 spiro atoms. The number of allylic oxidation sites excluding steroid dienone is 7. The molecule has 1 aliphatic carbocycles. The van der Waals surface area contributed by atoms with Gasteiger partial charge < -0.3 is 0 Å². The highest BCUT2D eigenvalue weighted by Crippen LogP contribution is 2.69. The molecule has 0 bridgehead atoms. The largest absolute Gasteiger partial charge is 0.193 e. The highest BCUT2D eigenvalue weighted by atomic mass is 32.3. The molecule has 3 atom stereocenters. The molecule has 3 heterocycles. The smallest absolute Gasteiger partial charge is 0.00687 e. The van der Waals surface area contributed by atoms with E-state index in [-0.39, 0.29) is 0 Å². The zero-order valence-corrected chi connectivity index (χ0v) is 37.9. The van der Waals surface area contributed by atoms with Gasteiger partial charge in [0.15, 0.2) is 0 Å². The predicted octanol–water partition coefficient (Wildman–Crippen LogP) is 18.9. The molecule has 0 N–H and O–H groups in total. The van der Waals surface area contributed by atoms with Gasteiger partial charge >= 0.3 is 0 Å². The number of hydrogen-bond donors (Lipinski definition) is 0. The van der Waals surface area contributed by atoms with Crippen LogP contribution < -0.4 is 0 Å². The van der Waals surface area contributed by atoms with Crippen LogP contribution in [0, 0.1) is 5.92 Å². The Morgan fingerprint density at radius 2 is 1.13 bits per heavy atom. The van der Waals surface area contributed by atoms with E-state index in [0.717, 1.165) is 6.42 Å². The number of benzene rings is 8. The first-order chi connectivity index (χ1) is 30.4. The van der Waals surface area contributed by atoms with Crippen LogP contribution in [0.2, 0.25) is 0 Å². The third-order valence-corrected chi connectivity index (χ3v) is 21.8. The lowest BCUT2D eigenvalue weighted by molar-refractivity contribution is 0.757. The molecular formula is C59H46P2S. The zero-order chi connectivity index (χ0) is 41.9. The van der Waals surface area contributed by atoms with Gasteiger partial charge in [-0.05, 0) is 153 Å². The molecule has 0 radical (unpaired) electrons. The average molecular weight is 849 g/mol. The molecule has 8 aromatic carbocycles. The van der Waals surface area contributed by atoms with Gasteiger partial charge in [-0.15, -0.1) is 0 Å². The van der Waals surface area contributed by atoms with Crippen molar-refractivity contribution in [3.8, 4) is 27.6 Å². The summed E-state index contributed by atoms with van der Waals surface area (Å²) < 4.78 is 0. The second-order valence-corrected chi connectivity index (χ2v) is 25.2. The molecule has 3 unspecified atom stereocenters. The summed E-state index contributed by atoms with van der Waals surface area (Å²) in [4.78, 5) is 3.08. The molecule has 0 fully saturated rings. The van der Waals surface area contributed by atoms with Gasteiger partial charge in [0, 0.05) is 25.4 Å². The van der Waals surface area contributed by atoms with Crippen molar-refractivity contribution in [2.45, 2.75) is 18.2 Å². The third kappa shape index (κ3) is 5.36. The maximum atomic E-state index is 4.25. The van der Waals surface area contributed by atoms with E-state index >= 15 is 0 Å². The Labute approximate surface area is 367 Å². The van der Waals surface area contributed by atoms with Crippen molar-refractivity contribution in [2.24, 2.45) is 5.92 Å². The van der Waals surface area contributed by atoms with E-state index in [9.17, 15) is 0 Å². The fourth-order valence-corrected chi connectivity index (χ4v) is 18.8. The Balaban J connectivity index is 1.20. The Bertz CT molecular complexity index is 3680. The lowest BCUT2D eigenvalue weighted by Crippen LogP contribution is -2.02. The highest BCUT2D eigenvalue weighted by Gasteiger charge is 2.37. The Hall–Kier alpha value is -6.07. The van der Waals surface area contributed by atoms with Crippen LogP contribution in [0.25, 0.3) is 102 Å². The molecular weight excluding hydrogens is 803 g/mol. The second kappa shape index (κ2) is 14.2. The number of hydrogen-bond acceptors (Lipinski definition) is 0. The van der Waals surface area contributed by atoms with E-state index in [0.29, 0.717) is 5.92 Å². The molecule has 0 nitrogen and oxygen atoms in total. The molecule has 62 heavy (non-hydrogen) atoms. The van der Waals surface area contributed by atoms with Gasteiger partial charge in [-0.3, -0.25) is 0 Å². The molecule has 0 saturated heterocycles. The van der Waals surface area contributed by atoms with E-state index < -0.39 is 25.1 Å². The molecule has 0 amide bonds. The molecule has 298 valence electrons. The normalized spacial score (nSPS) is 17.1. The lowest BCUT2D eigenvalue weighted by Gasteiger charge is -2.31. The topological polar surface area (TPSA) is 0 Å². The van der Waals surface area contributed by atoms with Crippen LogP contribution in [-0.2, 0) is 0 Å². The van der Waals surface area contributed by atoms with Gasteiger partial charge in [0.05, 0.1) is 0 Å². The summed E-state index contributed by atoms with van der Waals surface area (Å²) in [5.74, 6) is 0.485. The molecule has 2 aliphatic rings. The fraction of sp³-hybridized carbons (Fsp3) is 0.0847. The van der Waals surface area contributed by atoms with Crippen molar-refractivity contribution in [1.82, 2.24) is 0 Å². The summed E-state index contributed by atoms with van der Waals surface area (Å²) in [6.07, 6.45) is 17.1. The van der Waals surface area contributed by atoms with Gasteiger partial charge in [-0.25, -0.2) is 0 Å². The maximum Gasteiger partial charge on any atom is 0.00687 e. The Morgan fingerprint density at radius 3 is 1.81 bits per heavy atom. The minimum Gasteiger partial charge on any atom is -0.193 e. The fourth-order valence-electron chi connectivity index (χ4n) is 11.0. The zero-order valence-electron chi connectivity index (χ0n) is 35.3. The number of rotatable bonds is 6. The molecule has 0 saturated carbocycles.